The molecule has 0 saturated carbocycles. The van der Waals surface area contributed by atoms with Crippen LogP contribution < -0.4 is 0 Å². The molecule has 0 aliphatic rings. The Bertz CT molecular complexity index is 773. The van der Waals surface area contributed by atoms with Crippen molar-refractivity contribution in [1.29, 1.82) is 0 Å². The predicted octanol–water partition coefficient (Wildman–Crippen LogP) is 4.08. The Labute approximate surface area is 156 Å². The first kappa shape index (κ1) is 19.7. The van der Waals surface area contributed by atoms with Crippen molar-refractivity contribution in [3.63, 3.8) is 0 Å². The van der Waals surface area contributed by atoms with Crippen molar-refractivity contribution in [2.24, 2.45) is 0 Å². The number of carbonyl (C=O) groups is 2. The molecule has 2 aromatic rings. The van der Waals surface area contributed by atoms with E-state index in [0.29, 0.717) is 17.1 Å². The van der Waals surface area contributed by atoms with E-state index in [9.17, 15) is 14.0 Å². The third kappa shape index (κ3) is 6.33. The minimum Gasteiger partial charge on any atom is -0.469 e. The van der Waals surface area contributed by atoms with Gasteiger partial charge in [-0.1, -0.05) is 35.9 Å². The van der Waals surface area contributed by atoms with E-state index >= 15 is 0 Å². The molecule has 0 bridgehead atoms. The van der Waals surface area contributed by atoms with E-state index in [1.807, 2.05) is 12.1 Å². The van der Waals surface area contributed by atoms with Gasteiger partial charge in [0.05, 0.1) is 13.5 Å². The molecule has 2 rings (SSSR count). The van der Waals surface area contributed by atoms with Gasteiger partial charge in [0.15, 0.2) is 0 Å². The molecule has 4 nitrogen and oxygen atoms in total. The highest BCUT2D eigenvalue weighted by molar-refractivity contribution is 6.30. The Morgan fingerprint density at radius 1 is 1.12 bits per heavy atom. The number of carbonyl (C=O) groups excluding carboxylic acids is 2. The highest BCUT2D eigenvalue weighted by Crippen LogP contribution is 2.13. The summed E-state index contributed by atoms with van der Waals surface area (Å²) >= 11 is 5.88. The Hall–Kier alpha value is -2.66. The second-order valence-corrected chi connectivity index (χ2v) is 6.03. The summed E-state index contributed by atoms with van der Waals surface area (Å²) in [6.07, 6.45) is 3.11. The number of benzene rings is 2. The largest absolute Gasteiger partial charge is 0.469 e. The molecule has 6 heteroatoms. The Kier molecular flexibility index (Phi) is 7.36. The van der Waals surface area contributed by atoms with Crippen LogP contribution in [-0.4, -0.2) is 30.4 Å². The number of methoxy groups -OCH3 is 1. The molecule has 136 valence electrons. The molecule has 0 radical (unpaired) electrons. The molecule has 0 aliphatic heterocycles. The van der Waals surface area contributed by atoms with Gasteiger partial charge in [0, 0.05) is 24.2 Å². The zero-order chi connectivity index (χ0) is 18.9. The standard InChI is InChI=1S/C20H19ClFNO3/c1-26-20(25)12-13-23(14-16-2-7-17(21)8-3-16)19(24)11-6-15-4-9-18(22)10-5-15/h2-11H,12-14H2,1H3/b11-6+. The van der Waals surface area contributed by atoms with Crippen LogP contribution in [0.5, 0.6) is 0 Å². The first-order valence-electron chi connectivity index (χ1n) is 8.02. The molecule has 0 heterocycles. The smallest absolute Gasteiger partial charge is 0.307 e. The van der Waals surface area contributed by atoms with Crippen LogP contribution in [0.3, 0.4) is 0 Å². The van der Waals surface area contributed by atoms with Crippen LogP contribution in [0.1, 0.15) is 17.5 Å². The van der Waals surface area contributed by atoms with Crippen LogP contribution in [0, 0.1) is 5.82 Å². The third-order valence-corrected chi connectivity index (χ3v) is 3.95. The van der Waals surface area contributed by atoms with E-state index in [1.165, 1.54) is 25.3 Å². The van der Waals surface area contributed by atoms with Crippen LogP contribution in [0.2, 0.25) is 5.02 Å². The summed E-state index contributed by atoms with van der Waals surface area (Å²) in [4.78, 5) is 25.5. The van der Waals surface area contributed by atoms with E-state index in [2.05, 4.69) is 4.74 Å². The highest BCUT2D eigenvalue weighted by atomic mass is 35.5. The summed E-state index contributed by atoms with van der Waals surface area (Å²) in [5.41, 5.74) is 1.60. The number of halogens is 2. The van der Waals surface area contributed by atoms with Gasteiger partial charge in [-0.3, -0.25) is 9.59 Å². The van der Waals surface area contributed by atoms with Gasteiger partial charge in [0.25, 0.3) is 0 Å². The Balaban J connectivity index is 2.09. The molecule has 0 aliphatic carbocycles. The van der Waals surface area contributed by atoms with Gasteiger partial charge in [-0.2, -0.15) is 0 Å². The molecule has 0 N–H and O–H groups in total. The van der Waals surface area contributed by atoms with Crippen LogP contribution in [0.15, 0.2) is 54.6 Å². The van der Waals surface area contributed by atoms with E-state index in [4.69, 9.17) is 11.6 Å². The maximum atomic E-state index is 12.9. The SMILES string of the molecule is COC(=O)CCN(Cc1ccc(Cl)cc1)C(=O)/C=C/c1ccc(F)cc1. The number of esters is 1. The van der Waals surface area contributed by atoms with Gasteiger partial charge >= 0.3 is 5.97 Å². The van der Waals surface area contributed by atoms with Gasteiger partial charge in [-0.05, 0) is 41.5 Å². The lowest BCUT2D eigenvalue weighted by Gasteiger charge is -2.21. The lowest BCUT2D eigenvalue weighted by molar-refractivity contribution is -0.141. The minimum atomic E-state index is -0.388. The van der Waals surface area contributed by atoms with Crippen molar-refractivity contribution < 1.29 is 18.7 Å². The molecule has 2 aromatic carbocycles. The van der Waals surface area contributed by atoms with Gasteiger partial charge in [0.2, 0.25) is 5.91 Å². The molecule has 0 unspecified atom stereocenters. The molecule has 0 spiro atoms. The zero-order valence-electron chi connectivity index (χ0n) is 14.3. The monoisotopic (exact) mass is 375 g/mol. The van der Waals surface area contributed by atoms with E-state index in [-0.39, 0.29) is 30.7 Å². The molecule has 26 heavy (non-hydrogen) atoms. The molecular weight excluding hydrogens is 357 g/mol. The van der Waals surface area contributed by atoms with Crippen molar-refractivity contribution in [3.8, 4) is 0 Å². The maximum Gasteiger partial charge on any atom is 0.307 e. The topological polar surface area (TPSA) is 46.6 Å². The fourth-order valence-electron chi connectivity index (χ4n) is 2.25. The van der Waals surface area contributed by atoms with Gasteiger partial charge in [-0.15, -0.1) is 0 Å². The number of amides is 1. The second kappa shape index (κ2) is 9.73. The van der Waals surface area contributed by atoms with Crippen LogP contribution in [-0.2, 0) is 20.9 Å². The summed E-state index contributed by atoms with van der Waals surface area (Å²) < 4.78 is 17.6. The normalized spacial score (nSPS) is 10.7. The number of hydrogen-bond acceptors (Lipinski definition) is 3. The van der Waals surface area contributed by atoms with Crippen LogP contribution in [0.25, 0.3) is 6.08 Å². The minimum absolute atomic E-state index is 0.0974. The first-order chi connectivity index (χ1) is 12.5. The molecule has 0 atom stereocenters. The van der Waals surface area contributed by atoms with E-state index in [1.54, 1.807) is 35.2 Å². The molecule has 0 aromatic heterocycles. The molecule has 1 amide bonds. The van der Waals surface area contributed by atoms with Crippen LogP contribution in [0.4, 0.5) is 4.39 Å². The molecule has 0 fully saturated rings. The van der Waals surface area contributed by atoms with Crippen molar-refractivity contribution in [3.05, 3.63) is 76.6 Å². The lowest BCUT2D eigenvalue weighted by atomic mass is 10.2. The van der Waals surface area contributed by atoms with Gasteiger partial charge < -0.3 is 9.64 Å². The highest BCUT2D eigenvalue weighted by Gasteiger charge is 2.14. The van der Waals surface area contributed by atoms with E-state index in [0.717, 1.165) is 5.56 Å². The lowest BCUT2D eigenvalue weighted by Crippen LogP contribution is -2.31. The van der Waals surface area contributed by atoms with Crippen LogP contribution >= 0.6 is 11.6 Å². The summed E-state index contributed by atoms with van der Waals surface area (Å²) in [5, 5.41) is 0.609. The summed E-state index contributed by atoms with van der Waals surface area (Å²) in [6.45, 7) is 0.558. The number of rotatable bonds is 7. The van der Waals surface area contributed by atoms with Crippen molar-refractivity contribution in [2.45, 2.75) is 13.0 Å². The van der Waals surface area contributed by atoms with E-state index < -0.39 is 0 Å². The first-order valence-corrected chi connectivity index (χ1v) is 8.39. The zero-order valence-corrected chi connectivity index (χ0v) is 15.1. The quantitative estimate of drug-likeness (QED) is 0.541. The third-order valence-electron chi connectivity index (χ3n) is 3.70. The Morgan fingerprint density at radius 3 is 2.38 bits per heavy atom. The Morgan fingerprint density at radius 2 is 1.77 bits per heavy atom. The number of hydrogen-bond donors (Lipinski definition) is 0. The number of nitrogens with zero attached hydrogens (tertiary/aromatic N) is 1. The van der Waals surface area contributed by atoms with Gasteiger partial charge in [-0.25, -0.2) is 4.39 Å². The van der Waals surface area contributed by atoms with Crippen molar-refractivity contribution >= 4 is 29.6 Å². The maximum absolute atomic E-state index is 12.9. The van der Waals surface area contributed by atoms with Gasteiger partial charge in [0.1, 0.15) is 5.82 Å². The second-order valence-electron chi connectivity index (χ2n) is 5.60. The summed E-state index contributed by atoms with van der Waals surface area (Å²) in [5.74, 6) is -0.981. The van der Waals surface area contributed by atoms with Crippen molar-refractivity contribution in [1.82, 2.24) is 4.90 Å². The fourth-order valence-corrected chi connectivity index (χ4v) is 2.38. The molecule has 0 saturated heterocycles. The predicted molar refractivity (Wildman–Crippen MR) is 98.9 cm³/mol. The summed E-state index contributed by atoms with van der Waals surface area (Å²) in [6, 6.07) is 12.9. The summed E-state index contributed by atoms with van der Waals surface area (Å²) in [7, 11) is 1.31. The number of ether oxygens (including phenoxy) is 1. The van der Waals surface area contributed by atoms with Crippen molar-refractivity contribution in [2.75, 3.05) is 13.7 Å². The average molecular weight is 376 g/mol. The molecular formula is C20H19ClFNO3. The average Bonchev–Trinajstić information content (AvgIpc) is 2.65. The fraction of sp³-hybridized carbons (Fsp3) is 0.200.